The molecule has 3 rings (SSSR count). The molecule has 21 heavy (non-hydrogen) atoms. The fourth-order valence-electron chi connectivity index (χ4n) is 2.67. The van der Waals surface area contributed by atoms with Crippen molar-refractivity contribution in [1.82, 2.24) is 9.97 Å². The summed E-state index contributed by atoms with van der Waals surface area (Å²) in [5.41, 5.74) is 1.22. The first-order chi connectivity index (χ1) is 10.2. The third-order valence-electron chi connectivity index (χ3n) is 3.82. The van der Waals surface area contributed by atoms with Gasteiger partial charge in [0, 0.05) is 23.6 Å². The Hall–Kier alpha value is -1.62. The second-order valence-corrected chi connectivity index (χ2v) is 6.20. The Morgan fingerprint density at radius 3 is 2.71 bits per heavy atom. The first-order valence-electron chi connectivity index (χ1n) is 7.32. The van der Waals surface area contributed by atoms with Gasteiger partial charge in [-0.3, -0.25) is 0 Å². The highest BCUT2D eigenvalue weighted by Gasteiger charge is 2.15. The topological polar surface area (TPSA) is 41.0 Å². The van der Waals surface area contributed by atoms with Crippen LogP contribution in [0.2, 0.25) is 0 Å². The van der Waals surface area contributed by atoms with Gasteiger partial charge in [0.15, 0.2) is 0 Å². The number of nitrogens with one attached hydrogen (secondary N) is 1. The van der Waals surface area contributed by atoms with Crippen LogP contribution < -0.4 is 10.2 Å². The Labute approximate surface area is 133 Å². The number of benzene rings is 1. The van der Waals surface area contributed by atoms with Crippen LogP contribution in [0.1, 0.15) is 31.4 Å². The lowest BCUT2D eigenvalue weighted by molar-refractivity contribution is 0.861. The molecular formula is C16H19BrN4. The van der Waals surface area contributed by atoms with E-state index in [1.807, 2.05) is 18.2 Å². The van der Waals surface area contributed by atoms with Crippen LogP contribution in [0.3, 0.4) is 0 Å². The molecule has 4 nitrogen and oxygen atoms in total. The molecule has 1 atom stereocenters. The maximum Gasteiger partial charge on any atom is 0.134 e. The van der Waals surface area contributed by atoms with Gasteiger partial charge >= 0.3 is 0 Å². The standard InChI is InChI=1S/C16H19BrN4/c1-12(13-6-2-3-7-14(13)17)20-15-10-16(19-11-18-15)21-8-4-5-9-21/h2-3,6-7,10-12H,4-5,8-9H2,1H3,(H,18,19,20). The van der Waals surface area contributed by atoms with E-state index in [9.17, 15) is 0 Å². The molecule has 1 aromatic carbocycles. The molecule has 1 N–H and O–H groups in total. The molecule has 0 bridgehead atoms. The highest BCUT2D eigenvalue weighted by atomic mass is 79.9. The molecule has 0 aliphatic carbocycles. The van der Waals surface area contributed by atoms with Crippen molar-refractivity contribution in [2.24, 2.45) is 0 Å². The average Bonchev–Trinajstić information content (AvgIpc) is 3.02. The first kappa shape index (κ1) is 14.3. The molecule has 1 aliphatic rings. The van der Waals surface area contributed by atoms with Crippen LogP contribution in [0, 0.1) is 0 Å². The lowest BCUT2D eigenvalue weighted by Gasteiger charge is -2.19. The highest BCUT2D eigenvalue weighted by Crippen LogP contribution is 2.26. The maximum atomic E-state index is 4.38. The number of aromatic nitrogens is 2. The molecule has 0 saturated carbocycles. The second kappa shape index (κ2) is 6.43. The summed E-state index contributed by atoms with van der Waals surface area (Å²) in [6.07, 6.45) is 4.14. The van der Waals surface area contributed by atoms with Crippen molar-refractivity contribution >= 4 is 27.6 Å². The van der Waals surface area contributed by atoms with Crippen LogP contribution in [0.15, 0.2) is 41.1 Å². The Kier molecular flexibility index (Phi) is 4.39. The first-order valence-corrected chi connectivity index (χ1v) is 8.11. The van der Waals surface area contributed by atoms with Gasteiger partial charge in [0.2, 0.25) is 0 Å². The summed E-state index contributed by atoms with van der Waals surface area (Å²) in [7, 11) is 0. The van der Waals surface area contributed by atoms with Crippen molar-refractivity contribution in [3.63, 3.8) is 0 Å². The molecular weight excluding hydrogens is 328 g/mol. The van der Waals surface area contributed by atoms with Gasteiger partial charge in [0.05, 0.1) is 6.04 Å². The fourth-order valence-corrected chi connectivity index (χ4v) is 3.30. The predicted octanol–water partition coefficient (Wildman–Crippen LogP) is 4.01. The van der Waals surface area contributed by atoms with Gasteiger partial charge in [0.1, 0.15) is 18.0 Å². The smallest absolute Gasteiger partial charge is 0.134 e. The molecule has 1 unspecified atom stereocenters. The largest absolute Gasteiger partial charge is 0.363 e. The van der Waals surface area contributed by atoms with Gasteiger partial charge in [0.25, 0.3) is 0 Å². The van der Waals surface area contributed by atoms with E-state index < -0.39 is 0 Å². The SMILES string of the molecule is CC(Nc1cc(N2CCCC2)ncn1)c1ccccc1Br. The quantitative estimate of drug-likeness (QED) is 0.907. The normalized spacial score (nSPS) is 16.0. The minimum Gasteiger partial charge on any atom is -0.363 e. The van der Waals surface area contributed by atoms with Crippen LogP contribution in [0.4, 0.5) is 11.6 Å². The van der Waals surface area contributed by atoms with Crippen LogP contribution in [0.5, 0.6) is 0 Å². The fraction of sp³-hybridized carbons (Fsp3) is 0.375. The summed E-state index contributed by atoms with van der Waals surface area (Å²) in [4.78, 5) is 11.0. The van der Waals surface area contributed by atoms with Gasteiger partial charge in [-0.2, -0.15) is 0 Å². The van der Waals surface area contributed by atoms with E-state index in [4.69, 9.17) is 0 Å². The number of anilines is 2. The molecule has 110 valence electrons. The highest BCUT2D eigenvalue weighted by molar-refractivity contribution is 9.10. The number of hydrogen-bond acceptors (Lipinski definition) is 4. The molecule has 5 heteroatoms. The van der Waals surface area contributed by atoms with Crippen LogP contribution >= 0.6 is 15.9 Å². The zero-order valence-corrected chi connectivity index (χ0v) is 13.7. The van der Waals surface area contributed by atoms with E-state index in [1.54, 1.807) is 6.33 Å². The minimum absolute atomic E-state index is 0.182. The van der Waals surface area contributed by atoms with Crippen molar-refractivity contribution in [1.29, 1.82) is 0 Å². The monoisotopic (exact) mass is 346 g/mol. The van der Waals surface area contributed by atoms with Gasteiger partial charge < -0.3 is 10.2 Å². The maximum absolute atomic E-state index is 4.38. The second-order valence-electron chi connectivity index (χ2n) is 5.34. The minimum atomic E-state index is 0.182. The molecule has 2 heterocycles. The van der Waals surface area contributed by atoms with Crippen molar-refractivity contribution in [2.75, 3.05) is 23.3 Å². The Morgan fingerprint density at radius 2 is 1.95 bits per heavy atom. The van der Waals surface area contributed by atoms with E-state index in [2.05, 4.69) is 55.2 Å². The van der Waals surface area contributed by atoms with Crippen molar-refractivity contribution in [3.8, 4) is 0 Å². The Morgan fingerprint density at radius 1 is 1.19 bits per heavy atom. The van der Waals surface area contributed by atoms with Gasteiger partial charge in [-0.15, -0.1) is 0 Å². The summed E-state index contributed by atoms with van der Waals surface area (Å²) >= 11 is 3.60. The summed E-state index contributed by atoms with van der Waals surface area (Å²) in [5.74, 6) is 1.89. The van der Waals surface area contributed by atoms with E-state index >= 15 is 0 Å². The molecule has 0 spiro atoms. The molecule has 1 fully saturated rings. The van der Waals surface area contributed by atoms with E-state index in [1.165, 1.54) is 18.4 Å². The molecule has 1 aliphatic heterocycles. The third-order valence-corrected chi connectivity index (χ3v) is 4.54. The molecule has 1 saturated heterocycles. The number of hydrogen-bond donors (Lipinski definition) is 1. The predicted molar refractivity (Wildman–Crippen MR) is 89.7 cm³/mol. The molecule has 0 radical (unpaired) electrons. The van der Waals surface area contributed by atoms with E-state index in [0.29, 0.717) is 0 Å². The average molecular weight is 347 g/mol. The number of nitrogens with zero attached hydrogens (tertiary/aromatic N) is 3. The molecule has 0 amide bonds. The number of halogens is 1. The van der Waals surface area contributed by atoms with Crippen LogP contribution in [0.25, 0.3) is 0 Å². The van der Waals surface area contributed by atoms with Crippen molar-refractivity contribution in [3.05, 3.63) is 46.7 Å². The lowest BCUT2D eigenvalue weighted by Crippen LogP contribution is -2.19. The Bertz CT molecular complexity index is 611. The van der Waals surface area contributed by atoms with Gasteiger partial charge in [-0.1, -0.05) is 34.1 Å². The zero-order chi connectivity index (χ0) is 14.7. The summed E-state index contributed by atoms with van der Waals surface area (Å²) < 4.78 is 1.11. The Balaban J connectivity index is 1.75. The summed E-state index contributed by atoms with van der Waals surface area (Å²) in [5, 5.41) is 3.46. The van der Waals surface area contributed by atoms with Crippen LogP contribution in [-0.2, 0) is 0 Å². The van der Waals surface area contributed by atoms with E-state index in [0.717, 1.165) is 29.2 Å². The van der Waals surface area contributed by atoms with Gasteiger partial charge in [-0.25, -0.2) is 9.97 Å². The van der Waals surface area contributed by atoms with E-state index in [-0.39, 0.29) is 6.04 Å². The van der Waals surface area contributed by atoms with Gasteiger partial charge in [-0.05, 0) is 31.4 Å². The molecule has 1 aromatic heterocycles. The number of rotatable bonds is 4. The lowest BCUT2D eigenvalue weighted by atomic mass is 10.1. The zero-order valence-electron chi connectivity index (χ0n) is 12.1. The van der Waals surface area contributed by atoms with Crippen molar-refractivity contribution in [2.45, 2.75) is 25.8 Å². The third kappa shape index (κ3) is 3.35. The summed E-state index contributed by atoms with van der Waals surface area (Å²) in [6, 6.07) is 10.5. The molecule has 2 aromatic rings. The van der Waals surface area contributed by atoms with Crippen LogP contribution in [-0.4, -0.2) is 23.1 Å². The van der Waals surface area contributed by atoms with Crippen molar-refractivity contribution < 1.29 is 0 Å². The summed E-state index contributed by atoms with van der Waals surface area (Å²) in [6.45, 7) is 4.32.